The Labute approximate surface area is 107 Å². The van der Waals surface area contributed by atoms with Gasteiger partial charge in [-0.3, -0.25) is 4.79 Å². The van der Waals surface area contributed by atoms with Crippen LogP contribution < -0.4 is 5.32 Å². The Morgan fingerprint density at radius 3 is 2.33 bits per heavy atom. The minimum Gasteiger partial charge on any atom is -0.310 e. The number of hydrogen-bond acceptors (Lipinski definition) is 3. The molecule has 1 aromatic rings. The molecule has 1 aromatic heterocycles. The monoisotopic (exact) mass is 243 g/mol. The average molecular weight is 243 g/mol. The summed E-state index contributed by atoms with van der Waals surface area (Å²) >= 11 is 0. The van der Waals surface area contributed by atoms with E-state index < -0.39 is 0 Å². The van der Waals surface area contributed by atoms with Crippen molar-refractivity contribution in [3.05, 3.63) is 23.9 Å². The normalized spacial score (nSPS) is 19.9. The van der Waals surface area contributed by atoms with Crippen LogP contribution in [-0.2, 0) is 4.79 Å². The fraction of sp³-hybridized carbons (Fsp3) is 0.500. The molecule has 1 heterocycles. The van der Waals surface area contributed by atoms with Gasteiger partial charge in [-0.15, -0.1) is 0 Å². The van der Waals surface area contributed by atoms with Gasteiger partial charge < -0.3 is 5.32 Å². The van der Waals surface area contributed by atoms with Crippen LogP contribution in [0.1, 0.15) is 33.3 Å². The Bertz CT molecular complexity index is 509. The van der Waals surface area contributed by atoms with Crippen LogP contribution in [0, 0.1) is 28.1 Å². The van der Waals surface area contributed by atoms with Crippen LogP contribution in [0.3, 0.4) is 0 Å². The number of carbonyl (C=O) groups excluding carboxylic acids is 1. The van der Waals surface area contributed by atoms with Crippen molar-refractivity contribution < 1.29 is 4.79 Å². The van der Waals surface area contributed by atoms with Gasteiger partial charge in [-0.2, -0.15) is 5.26 Å². The Morgan fingerprint density at radius 1 is 1.33 bits per heavy atom. The number of hydrogen-bond donors (Lipinski definition) is 1. The van der Waals surface area contributed by atoms with E-state index in [1.807, 2.05) is 6.07 Å². The molecule has 4 heteroatoms. The van der Waals surface area contributed by atoms with E-state index in [-0.39, 0.29) is 22.7 Å². The van der Waals surface area contributed by atoms with E-state index >= 15 is 0 Å². The lowest BCUT2D eigenvalue weighted by Crippen LogP contribution is -2.18. The molecule has 1 saturated carbocycles. The summed E-state index contributed by atoms with van der Waals surface area (Å²) in [7, 11) is 0. The summed E-state index contributed by atoms with van der Waals surface area (Å²) in [6.07, 6.45) is 1.46. The lowest BCUT2D eigenvalue weighted by Gasteiger charge is -2.05. The maximum atomic E-state index is 12.1. The van der Waals surface area contributed by atoms with Gasteiger partial charge in [0.25, 0.3) is 0 Å². The second-order valence-electron chi connectivity index (χ2n) is 5.91. The van der Waals surface area contributed by atoms with Gasteiger partial charge in [-0.25, -0.2) is 4.98 Å². The summed E-state index contributed by atoms with van der Waals surface area (Å²) < 4.78 is 0. The Morgan fingerprint density at radius 2 is 1.94 bits per heavy atom. The van der Waals surface area contributed by atoms with E-state index in [1.54, 1.807) is 12.1 Å². The Kier molecular flexibility index (Phi) is 2.66. The SMILES string of the molecule is CC1(C)C(C(=O)Nc2ccc(C#N)cn2)C1(C)C. The number of pyridine rings is 1. The molecule has 0 spiro atoms. The van der Waals surface area contributed by atoms with Crippen LogP contribution in [0.2, 0.25) is 0 Å². The molecule has 0 aliphatic heterocycles. The molecule has 0 radical (unpaired) electrons. The maximum Gasteiger partial charge on any atom is 0.229 e. The van der Waals surface area contributed by atoms with Crippen molar-refractivity contribution in [1.29, 1.82) is 5.26 Å². The molecule has 0 aromatic carbocycles. The minimum atomic E-state index is 0.00204. The zero-order chi connectivity index (χ0) is 13.6. The van der Waals surface area contributed by atoms with Crippen molar-refractivity contribution in [3.63, 3.8) is 0 Å². The molecule has 94 valence electrons. The van der Waals surface area contributed by atoms with Crippen LogP contribution in [0.4, 0.5) is 5.82 Å². The largest absolute Gasteiger partial charge is 0.310 e. The second-order valence-corrected chi connectivity index (χ2v) is 5.91. The molecular weight excluding hydrogens is 226 g/mol. The molecule has 1 aliphatic rings. The number of amides is 1. The van der Waals surface area contributed by atoms with Gasteiger partial charge in [-0.05, 0) is 23.0 Å². The maximum absolute atomic E-state index is 12.1. The summed E-state index contributed by atoms with van der Waals surface area (Å²) in [6.45, 7) is 8.40. The standard InChI is InChI=1S/C14H17N3O/c1-13(2)11(14(13,3)4)12(18)17-10-6-5-9(7-15)8-16-10/h5-6,8,11H,1-4H3,(H,16,17,18). The predicted octanol–water partition coefficient (Wildman–Crippen LogP) is 2.57. The molecule has 0 atom stereocenters. The third-order valence-corrected chi connectivity index (χ3v) is 4.43. The van der Waals surface area contributed by atoms with Gasteiger partial charge in [0.15, 0.2) is 0 Å². The Balaban J connectivity index is 2.07. The number of anilines is 1. The van der Waals surface area contributed by atoms with Crippen LogP contribution in [0.5, 0.6) is 0 Å². The number of nitrogens with zero attached hydrogens (tertiary/aromatic N) is 2. The van der Waals surface area contributed by atoms with Crippen molar-refractivity contribution in [2.45, 2.75) is 27.7 Å². The molecule has 2 rings (SSSR count). The molecule has 18 heavy (non-hydrogen) atoms. The summed E-state index contributed by atoms with van der Waals surface area (Å²) in [5.41, 5.74) is 0.521. The van der Waals surface area contributed by atoms with Crippen molar-refractivity contribution in [2.24, 2.45) is 16.7 Å². The molecule has 4 nitrogen and oxygen atoms in total. The fourth-order valence-corrected chi connectivity index (χ4v) is 2.58. The van der Waals surface area contributed by atoms with E-state index in [0.29, 0.717) is 11.4 Å². The van der Waals surface area contributed by atoms with Gasteiger partial charge in [-0.1, -0.05) is 27.7 Å². The van der Waals surface area contributed by atoms with Crippen molar-refractivity contribution in [3.8, 4) is 6.07 Å². The highest BCUT2D eigenvalue weighted by Crippen LogP contribution is 2.68. The van der Waals surface area contributed by atoms with E-state index in [1.165, 1.54) is 6.20 Å². The molecule has 1 aliphatic carbocycles. The molecular formula is C14H17N3O. The quantitative estimate of drug-likeness (QED) is 0.868. The van der Waals surface area contributed by atoms with Crippen molar-refractivity contribution in [1.82, 2.24) is 4.98 Å². The molecule has 0 bridgehead atoms. The summed E-state index contributed by atoms with van der Waals surface area (Å²) in [5, 5.41) is 11.5. The van der Waals surface area contributed by atoms with Gasteiger partial charge >= 0.3 is 0 Å². The van der Waals surface area contributed by atoms with E-state index in [2.05, 4.69) is 38.0 Å². The number of rotatable bonds is 2. The molecule has 1 fully saturated rings. The van der Waals surface area contributed by atoms with Crippen LogP contribution in [0.15, 0.2) is 18.3 Å². The summed E-state index contributed by atoms with van der Waals surface area (Å²) in [6, 6.07) is 5.29. The van der Waals surface area contributed by atoms with E-state index in [4.69, 9.17) is 5.26 Å². The summed E-state index contributed by atoms with van der Waals surface area (Å²) in [5.74, 6) is 0.502. The second kappa shape index (κ2) is 3.81. The smallest absolute Gasteiger partial charge is 0.229 e. The van der Waals surface area contributed by atoms with Gasteiger partial charge in [0.05, 0.1) is 5.56 Å². The van der Waals surface area contributed by atoms with Crippen LogP contribution in [-0.4, -0.2) is 10.9 Å². The molecule has 1 N–H and O–H groups in total. The van der Waals surface area contributed by atoms with Gasteiger partial charge in [0, 0.05) is 12.1 Å². The lowest BCUT2D eigenvalue weighted by molar-refractivity contribution is -0.118. The van der Waals surface area contributed by atoms with E-state index in [0.717, 1.165) is 0 Å². The van der Waals surface area contributed by atoms with E-state index in [9.17, 15) is 4.79 Å². The number of carbonyl (C=O) groups is 1. The van der Waals surface area contributed by atoms with Gasteiger partial charge in [0.1, 0.15) is 11.9 Å². The molecule has 0 unspecified atom stereocenters. The number of nitrogens with one attached hydrogen (secondary N) is 1. The molecule has 0 saturated heterocycles. The fourth-order valence-electron chi connectivity index (χ4n) is 2.58. The zero-order valence-corrected chi connectivity index (χ0v) is 11.1. The third kappa shape index (κ3) is 1.76. The first-order chi connectivity index (χ1) is 8.30. The number of aromatic nitrogens is 1. The highest BCUT2D eigenvalue weighted by atomic mass is 16.2. The predicted molar refractivity (Wildman–Crippen MR) is 68.6 cm³/mol. The zero-order valence-electron chi connectivity index (χ0n) is 11.1. The van der Waals surface area contributed by atoms with Crippen LogP contribution >= 0.6 is 0 Å². The topological polar surface area (TPSA) is 65.8 Å². The van der Waals surface area contributed by atoms with Crippen LogP contribution in [0.25, 0.3) is 0 Å². The highest BCUT2D eigenvalue weighted by molar-refractivity contribution is 5.95. The lowest BCUT2D eigenvalue weighted by atomic mass is 10.0. The van der Waals surface area contributed by atoms with Crippen molar-refractivity contribution >= 4 is 11.7 Å². The Hall–Kier alpha value is -1.89. The first kappa shape index (κ1) is 12.6. The third-order valence-electron chi connectivity index (χ3n) is 4.43. The minimum absolute atomic E-state index is 0.00204. The number of nitriles is 1. The highest BCUT2D eigenvalue weighted by Gasteiger charge is 2.68. The molecule has 1 amide bonds. The van der Waals surface area contributed by atoms with Gasteiger partial charge in [0.2, 0.25) is 5.91 Å². The first-order valence-corrected chi connectivity index (χ1v) is 5.97. The summed E-state index contributed by atoms with van der Waals surface area (Å²) in [4.78, 5) is 16.2. The first-order valence-electron chi connectivity index (χ1n) is 5.97. The average Bonchev–Trinajstić information content (AvgIpc) is 2.70. The van der Waals surface area contributed by atoms with Crippen molar-refractivity contribution in [2.75, 3.05) is 5.32 Å².